The summed E-state index contributed by atoms with van der Waals surface area (Å²) < 4.78 is 0. The van der Waals surface area contributed by atoms with Crippen molar-refractivity contribution in [2.75, 3.05) is 43.9 Å². The smallest absolute Gasteiger partial charge is 0.251 e. The molecule has 0 fully saturated rings. The number of aromatic nitrogens is 1. The first-order valence-electron chi connectivity index (χ1n) is 12.8. The molecule has 0 unspecified atom stereocenters. The van der Waals surface area contributed by atoms with Gasteiger partial charge in [-0.3, -0.25) is 9.59 Å². The molecule has 0 saturated carbocycles. The number of rotatable bonds is 11. The molecule has 3 aromatic rings. The van der Waals surface area contributed by atoms with Gasteiger partial charge >= 0.3 is 0 Å². The average molecular weight is 555 g/mol. The van der Waals surface area contributed by atoms with Crippen molar-refractivity contribution in [1.29, 1.82) is 0 Å². The van der Waals surface area contributed by atoms with Gasteiger partial charge in [0.05, 0.1) is 18.8 Å². The van der Waals surface area contributed by atoms with Gasteiger partial charge in [-0.2, -0.15) is 0 Å². The van der Waals surface area contributed by atoms with E-state index in [0.717, 1.165) is 30.5 Å². The van der Waals surface area contributed by atoms with E-state index in [0.29, 0.717) is 39.2 Å². The number of fused-ring (bicyclic) bond motifs is 1. The quantitative estimate of drug-likeness (QED) is 0.290. The highest BCUT2D eigenvalue weighted by atomic mass is 35.5. The fraction of sp³-hybridized carbons (Fsp3) is 0.345. The molecule has 7 nitrogen and oxygen atoms in total. The Kier molecular flexibility index (Phi) is 9.61. The summed E-state index contributed by atoms with van der Waals surface area (Å²) in [5.41, 5.74) is 3.68. The second-order valence-corrected chi connectivity index (χ2v) is 10.5. The Hall–Kier alpha value is -3.13. The molecule has 0 bridgehead atoms. The maximum atomic E-state index is 12.8. The summed E-state index contributed by atoms with van der Waals surface area (Å²) in [6.07, 6.45) is 6.18. The van der Waals surface area contributed by atoms with E-state index in [-0.39, 0.29) is 24.9 Å². The summed E-state index contributed by atoms with van der Waals surface area (Å²) in [7, 11) is 4.17. The lowest BCUT2D eigenvalue weighted by Gasteiger charge is -2.30. The van der Waals surface area contributed by atoms with Gasteiger partial charge in [-0.05, 0) is 69.4 Å². The summed E-state index contributed by atoms with van der Waals surface area (Å²) in [5, 5.41) is 7.10. The molecule has 200 valence electrons. The number of pyridine rings is 1. The number of hydrogen-bond acceptors (Lipinski definition) is 5. The highest BCUT2D eigenvalue weighted by Gasteiger charge is 2.27. The van der Waals surface area contributed by atoms with Crippen LogP contribution in [0.1, 0.15) is 41.6 Å². The summed E-state index contributed by atoms with van der Waals surface area (Å²) in [6.45, 7) is 2.15. The molecule has 2 aromatic carbocycles. The zero-order valence-electron chi connectivity index (χ0n) is 21.8. The van der Waals surface area contributed by atoms with Crippen molar-refractivity contribution in [3.63, 3.8) is 0 Å². The lowest BCUT2D eigenvalue weighted by Crippen LogP contribution is -2.39. The third-order valence-electron chi connectivity index (χ3n) is 6.54. The number of unbranched alkanes of at least 4 members (excludes halogenated alkanes) is 3. The van der Waals surface area contributed by atoms with Gasteiger partial charge in [0.2, 0.25) is 5.91 Å². The van der Waals surface area contributed by atoms with Crippen LogP contribution < -0.4 is 15.5 Å². The van der Waals surface area contributed by atoms with Crippen molar-refractivity contribution in [3.8, 4) is 11.1 Å². The molecule has 1 aromatic heterocycles. The second kappa shape index (κ2) is 13.1. The van der Waals surface area contributed by atoms with Crippen molar-refractivity contribution >= 4 is 46.5 Å². The number of benzene rings is 2. The van der Waals surface area contributed by atoms with Gasteiger partial charge in [0.25, 0.3) is 5.91 Å². The topological polar surface area (TPSA) is 77.6 Å². The highest BCUT2D eigenvalue weighted by Crippen LogP contribution is 2.35. The number of anilines is 2. The lowest BCUT2D eigenvalue weighted by atomic mass is 10.0. The van der Waals surface area contributed by atoms with E-state index in [1.54, 1.807) is 29.3 Å². The van der Waals surface area contributed by atoms with Gasteiger partial charge in [0.15, 0.2) is 5.82 Å². The molecule has 4 rings (SSSR count). The lowest BCUT2D eigenvalue weighted by molar-refractivity contribution is -0.117. The first-order chi connectivity index (χ1) is 18.3. The molecule has 0 atom stereocenters. The van der Waals surface area contributed by atoms with Crippen LogP contribution in [0.3, 0.4) is 0 Å². The number of nitrogens with zero attached hydrogens (tertiary/aromatic N) is 3. The molecule has 2 N–H and O–H groups in total. The van der Waals surface area contributed by atoms with Crippen molar-refractivity contribution in [3.05, 3.63) is 75.9 Å². The summed E-state index contributed by atoms with van der Waals surface area (Å²) in [6, 6.07) is 14.6. The second-order valence-electron chi connectivity index (χ2n) is 9.68. The molecule has 2 heterocycles. The van der Waals surface area contributed by atoms with E-state index in [1.165, 1.54) is 12.8 Å². The minimum Gasteiger partial charge on any atom is -0.359 e. The van der Waals surface area contributed by atoms with E-state index in [1.807, 2.05) is 30.3 Å². The minimum atomic E-state index is -0.0999. The van der Waals surface area contributed by atoms with E-state index < -0.39 is 0 Å². The van der Waals surface area contributed by atoms with Crippen LogP contribution in [0.2, 0.25) is 10.0 Å². The minimum absolute atomic E-state index is 0.0778. The maximum absolute atomic E-state index is 12.8. The standard InChI is InChI=1S/C29H33Cl2N5O2/c1-35(2)15-6-4-3-5-14-32-29(38)21-12-10-20(11-13-21)22-16-26-28(33-17-22)34-18-27(37)36(26)19-23-24(30)8-7-9-25(23)31/h7-13,16-17H,3-6,14-15,18-19H2,1-2H3,(H,32,38)(H,33,34). The Morgan fingerprint density at radius 1 is 1.03 bits per heavy atom. The Balaban J connectivity index is 1.41. The van der Waals surface area contributed by atoms with E-state index in [2.05, 4.69) is 34.6 Å². The van der Waals surface area contributed by atoms with Crippen molar-refractivity contribution in [2.45, 2.75) is 32.2 Å². The first kappa shape index (κ1) is 27.9. The molecule has 0 saturated heterocycles. The van der Waals surface area contributed by atoms with Crippen LogP contribution in [0.5, 0.6) is 0 Å². The SMILES string of the molecule is CN(C)CCCCCCNC(=O)c1ccc(-c2cnc3c(c2)N(Cc2c(Cl)cccc2Cl)C(=O)CN3)cc1. The number of halogens is 2. The van der Waals surface area contributed by atoms with Crippen molar-refractivity contribution in [1.82, 2.24) is 15.2 Å². The normalized spacial score (nSPS) is 12.9. The summed E-state index contributed by atoms with van der Waals surface area (Å²) >= 11 is 12.7. The monoisotopic (exact) mass is 553 g/mol. The molecule has 9 heteroatoms. The molecular formula is C29H33Cl2N5O2. The summed E-state index contributed by atoms with van der Waals surface area (Å²) in [5.74, 6) is 0.442. The van der Waals surface area contributed by atoms with Gasteiger partial charge in [-0.25, -0.2) is 4.98 Å². The zero-order chi connectivity index (χ0) is 27.1. The van der Waals surface area contributed by atoms with Crippen LogP contribution >= 0.6 is 23.2 Å². The molecule has 1 aliphatic rings. The Morgan fingerprint density at radius 3 is 2.45 bits per heavy atom. The van der Waals surface area contributed by atoms with Gasteiger partial charge in [-0.1, -0.05) is 54.2 Å². The largest absolute Gasteiger partial charge is 0.359 e. The van der Waals surface area contributed by atoms with E-state index >= 15 is 0 Å². The fourth-order valence-electron chi connectivity index (χ4n) is 4.38. The third-order valence-corrected chi connectivity index (χ3v) is 7.25. The molecule has 1 aliphatic heterocycles. The fourth-order valence-corrected chi connectivity index (χ4v) is 4.90. The highest BCUT2D eigenvalue weighted by molar-refractivity contribution is 6.36. The predicted molar refractivity (Wildman–Crippen MR) is 155 cm³/mol. The van der Waals surface area contributed by atoms with Crippen LogP contribution in [0, 0.1) is 0 Å². The van der Waals surface area contributed by atoms with Crippen molar-refractivity contribution < 1.29 is 9.59 Å². The average Bonchev–Trinajstić information content (AvgIpc) is 2.91. The number of nitrogens with one attached hydrogen (secondary N) is 2. The van der Waals surface area contributed by atoms with Gasteiger partial charge in [0, 0.05) is 39.5 Å². The van der Waals surface area contributed by atoms with Crippen LogP contribution in [0.25, 0.3) is 11.1 Å². The van der Waals surface area contributed by atoms with Gasteiger partial charge in [0.1, 0.15) is 0 Å². The molecule has 38 heavy (non-hydrogen) atoms. The summed E-state index contributed by atoms with van der Waals surface area (Å²) in [4.78, 5) is 33.8. The molecular weight excluding hydrogens is 521 g/mol. The molecule has 0 radical (unpaired) electrons. The Bertz CT molecular complexity index is 1260. The van der Waals surface area contributed by atoms with Crippen LogP contribution in [-0.2, 0) is 11.3 Å². The first-order valence-corrected chi connectivity index (χ1v) is 13.6. The third kappa shape index (κ3) is 7.04. The molecule has 0 spiro atoms. The van der Waals surface area contributed by atoms with Crippen LogP contribution in [-0.4, -0.2) is 55.4 Å². The maximum Gasteiger partial charge on any atom is 0.251 e. The van der Waals surface area contributed by atoms with Gasteiger partial charge < -0.3 is 20.4 Å². The van der Waals surface area contributed by atoms with Crippen LogP contribution in [0.4, 0.5) is 11.5 Å². The van der Waals surface area contributed by atoms with Gasteiger partial charge in [-0.15, -0.1) is 0 Å². The van der Waals surface area contributed by atoms with E-state index in [9.17, 15) is 9.59 Å². The zero-order valence-corrected chi connectivity index (χ0v) is 23.3. The number of hydrogen-bond donors (Lipinski definition) is 2. The predicted octanol–water partition coefficient (Wildman–Crippen LogP) is 5.87. The number of carbonyl (C=O) groups excluding carboxylic acids is 2. The van der Waals surface area contributed by atoms with E-state index in [4.69, 9.17) is 23.2 Å². The molecule has 2 amide bonds. The number of amides is 2. The Morgan fingerprint density at radius 2 is 1.74 bits per heavy atom. The van der Waals surface area contributed by atoms with Crippen LogP contribution in [0.15, 0.2) is 54.7 Å². The van der Waals surface area contributed by atoms with Crippen molar-refractivity contribution in [2.24, 2.45) is 0 Å². The molecule has 0 aliphatic carbocycles. The number of carbonyl (C=O) groups is 2. The Labute approximate surface area is 234 Å².